The molecule has 2 amide bonds. The highest BCUT2D eigenvalue weighted by molar-refractivity contribution is 5.89. The molecule has 0 bridgehead atoms. The summed E-state index contributed by atoms with van der Waals surface area (Å²) in [7, 11) is 2.79. The zero-order chi connectivity index (χ0) is 17.2. The van der Waals surface area contributed by atoms with Gasteiger partial charge in [0.2, 0.25) is 0 Å². The van der Waals surface area contributed by atoms with E-state index in [2.05, 4.69) is 15.4 Å². The Bertz CT molecular complexity index is 573. The Balaban J connectivity index is 2.49. The van der Waals surface area contributed by atoms with E-state index in [1.165, 1.54) is 14.2 Å². The zero-order valence-corrected chi connectivity index (χ0v) is 13.0. The van der Waals surface area contributed by atoms with Crippen LogP contribution in [0.15, 0.2) is 18.2 Å². The lowest BCUT2D eigenvalue weighted by molar-refractivity contribution is -0.136. The van der Waals surface area contributed by atoms with Crippen LogP contribution in [0.1, 0.15) is 22.3 Å². The number of carbonyl (C=O) groups excluding carboxylic acids is 2. The highest BCUT2D eigenvalue weighted by Crippen LogP contribution is 2.21. The maximum Gasteiger partial charge on any atom is 0.337 e. The van der Waals surface area contributed by atoms with Crippen molar-refractivity contribution in [1.29, 1.82) is 0 Å². The molecule has 1 aromatic rings. The van der Waals surface area contributed by atoms with Crippen LogP contribution in [-0.4, -0.2) is 50.4 Å². The van der Waals surface area contributed by atoms with Crippen molar-refractivity contribution in [3.05, 3.63) is 29.3 Å². The topological polar surface area (TPSA) is 114 Å². The number of ether oxygens (including phenoxy) is 2. The second-order valence-electron chi connectivity index (χ2n) is 4.59. The summed E-state index contributed by atoms with van der Waals surface area (Å²) < 4.78 is 9.87. The summed E-state index contributed by atoms with van der Waals surface area (Å²) in [5.74, 6) is -0.896. The van der Waals surface area contributed by atoms with Crippen molar-refractivity contribution < 1.29 is 29.0 Å². The molecule has 0 heterocycles. The molecular formula is C15H20N2O6. The third-order valence-corrected chi connectivity index (χ3v) is 3.01. The Labute approximate surface area is 133 Å². The molecule has 23 heavy (non-hydrogen) atoms. The number of esters is 1. The molecule has 8 heteroatoms. The van der Waals surface area contributed by atoms with Gasteiger partial charge in [-0.3, -0.25) is 4.79 Å². The Kier molecular flexibility index (Phi) is 7.38. The Hall–Kier alpha value is -2.77. The largest absolute Gasteiger partial charge is 0.496 e. The van der Waals surface area contributed by atoms with Crippen molar-refractivity contribution in [1.82, 2.24) is 10.6 Å². The van der Waals surface area contributed by atoms with E-state index < -0.39 is 18.0 Å². The number of rotatable bonds is 8. The van der Waals surface area contributed by atoms with E-state index in [0.717, 1.165) is 5.56 Å². The maximum absolute atomic E-state index is 11.5. The van der Waals surface area contributed by atoms with Gasteiger partial charge >= 0.3 is 18.0 Å². The predicted molar refractivity (Wildman–Crippen MR) is 81.7 cm³/mol. The van der Waals surface area contributed by atoms with Crippen LogP contribution in [0.4, 0.5) is 4.79 Å². The summed E-state index contributed by atoms with van der Waals surface area (Å²) in [5, 5.41) is 13.5. The first-order chi connectivity index (χ1) is 11.0. The minimum Gasteiger partial charge on any atom is -0.496 e. The van der Waals surface area contributed by atoms with Gasteiger partial charge in [-0.1, -0.05) is 6.07 Å². The quantitative estimate of drug-likeness (QED) is 0.609. The van der Waals surface area contributed by atoms with Gasteiger partial charge in [0.25, 0.3) is 0 Å². The lowest BCUT2D eigenvalue weighted by Crippen LogP contribution is -2.37. The molecule has 0 aliphatic heterocycles. The molecule has 8 nitrogen and oxygen atoms in total. The number of aliphatic carboxylic acids is 1. The molecule has 0 aliphatic carbocycles. The molecule has 0 radical (unpaired) electrons. The molecular weight excluding hydrogens is 304 g/mol. The summed E-state index contributed by atoms with van der Waals surface area (Å²) in [5.41, 5.74) is 1.21. The van der Waals surface area contributed by atoms with Gasteiger partial charge in [0.05, 0.1) is 26.2 Å². The van der Waals surface area contributed by atoms with Crippen LogP contribution in [-0.2, 0) is 16.0 Å². The van der Waals surface area contributed by atoms with Gasteiger partial charge in [-0.2, -0.15) is 0 Å². The van der Waals surface area contributed by atoms with Crippen molar-refractivity contribution in [3.8, 4) is 5.75 Å². The fourth-order valence-corrected chi connectivity index (χ4v) is 1.85. The maximum atomic E-state index is 11.5. The molecule has 0 atom stereocenters. The van der Waals surface area contributed by atoms with Crippen LogP contribution in [0, 0.1) is 0 Å². The smallest absolute Gasteiger partial charge is 0.337 e. The number of methoxy groups -OCH3 is 2. The lowest BCUT2D eigenvalue weighted by atomic mass is 10.1. The van der Waals surface area contributed by atoms with Crippen molar-refractivity contribution in [2.75, 3.05) is 27.3 Å². The number of hydrogen-bond acceptors (Lipinski definition) is 5. The molecule has 0 fully saturated rings. The number of amides is 2. The molecule has 0 aromatic heterocycles. The van der Waals surface area contributed by atoms with Crippen LogP contribution in [0.3, 0.4) is 0 Å². The fourth-order valence-electron chi connectivity index (χ4n) is 1.85. The van der Waals surface area contributed by atoms with Crippen molar-refractivity contribution in [3.63, 3.8) is 0 Å². The van der Waals surface area contributed by atoms with E-state index in [1.54, 1.807) is 18.2 Å². The van der Waals surface area contributed by atoms with Crippen LogP contribution in [0.2, 0.25) is 0 Å². The highest BCUT2D eigenvalue weighted by atomic mass is 16.5. The first-order valence-corrected chi connectivity index (χ1v) is 6.96. The van der Waals surface area contributed by atoms with E-state index in [1.807, 2.05) is 0 Å². The van der Waals surface area contributed by atoms with Gasteiger partial charge in [0, 0.05) is 13.1 Å². The second-order valence-corrected chi connectivity index (χ2v) is 4.59. The molecule has 126 valence electrons. The monoisotopic (exact) mass is 324 g/mol. The number of benzene rings is 1. The lowest BCUT2D eigenvalue weighted by Gasteiger charge is -2.11. The SMILES string of the molecule is COC(=O)c1ccc(CCNC(=O)NCCC(=O)O)c(OC)c1. The van der Waals surface area contributed by atoms with Gasteiger partial charge in [0.1, 0.15) is 5.75 Å². The van der Waals surface area contributed by atoms with E-state index in [0.29, 0.717) is 24.3 Å². The van der Waals surface area contributed by atoms with Crippen molar-refractivity contribution in [2.45, 2.75) is 12.8 Å². The summed E-state index contributed by atoms with van der Waals surface area (Å²) >= 11 is 0. The van der Waals surface area contributed by atoms with Gasteiger partial charge in [0.15, 0.2) is 0 Å². The van der Waals surface area contributed by atoms with E-state index in [9.17, 15) is 14.4 Å². The van der Waals surface area contributed by atoms with Gasteiger partial charge in [-0.05, 0) is 24.1 Å². The molecule has 0 aliphatic rings. The molecule has 3 N–H and O–H groups in total. The van der Waals surface area contributed by atoms with Crippen LogP contribution < -0.4 is 15.4 Å². The molecule has 0 saturated heterocycles. The number of carboxylic acids is 1. The second kappa shape index (κ2) is 9.29. The van der Waals surface area contributed by atoms with E-state index >= 15 is 0 Å². The summed E-state index contributed by atoms with van der Waals surface area (Å²) in [6, 6.07) is 4.50. The highest BCUT2D eigenvalue weighted by Gasteiger charge is 2.10. The third kappa shape index (κ3) is 6.25. The number of hydrogen-bond donors (Lipinski definition) is 3. The fraction of sp³-hybridized carbons (Fsp3) is 0.400. The third-order valence-electron chi connectivity index (χ3n) is 3.01. The predicted octanol–water partition coefficient (Wildman–Crippen LogP) is 0.798. The number of carbonyl (C=O) groups is 3. The average molecular weight is 324 g/mol. The standard InChI is InChI=1S/C15H20N2O6/c1-22-12-9-11(14(20)23-2)4-3-10(12)5-7-16-15(21)17-8-6-13(18)19/h3-4,9H,5-8H2,1-2H3,(H,18,19)(H2,16,17,21). The number of urea groups is 1. The van der Waals surface area contributed by atoms with Gasteiger partial charge in [-0.25, -0.2) is 9.59 Å². The summed E-state index contributed by atoms with van der Waals surface area (Å²) in [4.78, 5) is 33.2. The van der Waals surface area contributed by atoms with E-state index in [-0.39, 0.29) is 13.0 Å². The number of carboxylic acid groups (broad SMARTS) is 1. The normalized spacial score (nSPS) is 9.83. The summed E-state index contributed by atoms with van der Waals surface area (Å²) in [6.07, 6.45) is 0.368. The zero-order valence-electron chi connectivity index (χ0n) is 13.0. The Morgan fingerprint density at radius 3 is 2.43 bits per heavy atom. The minimum absolute atomic E-state index is 0.0678. The molecule has 0 saturated carbocycles. The first kappa shape index (κ1) is 18.3. The molecule has 1 rings (SSSR count). The van der Waals surface area contributed by atoms with Gasteiger partial charge in [-0.15, -0.1) is 0 Å². The Morgan fingerprint density at radius 2 is 1.83 bits per heavy atom. The minimum atomic E-state index is -0.972. The van der Waals surface area contributed by atoms with Crippen molar-refractivity contribution in [2.24, 2.45) is 0 Å². The molecule has 1 aromatic carbocycles. The van der Waals surface area contributed by atoms with E-state index in [4.69, 9.17) is 9.84 Å². The number of nitrogens with one attached hydrogen (secondary N) is 2. The summed E-state index contributed by atoms with van der Waals surface area (Å²) in [6.45, 7) is 0.408. The molecule has 0 spiro atoms. The van der Waals surface area contributed by atoms with Crippen LogP contribution >= 0.6 is 0 Å². The molecule has 0 unspecified atom stereocenters. The first-order valence-electron chi connectivity index (χ1n) is 6.96. The average Bonchev–Trinajstić information content (AvgIpc) is 2.53. The van der Waals surface area contributed by atoms with Crippen molar-refractivity contribution >= 4 is 18.0 Å². The van der Waals surface area contributed by atoms with Crippen LogP contribution in [0.25, 0.3) is 0 Å². The Morgan fingerprint density at radius 1 is 1.13 bits per heavy atom. The van der Waals surface area contributed by atoms with Gasteiger partial charge < -0.3 is 25.2 Å². The van der Waals surface area contributed by atoms with Crippen LogP contribution in [0.5, 0.6) is 5.75 Å².